The average molecular weight is 364 g/mol. The molecule has 0 atom stereocenters. The summed E-state index contributed by atoms with van der Waals surface area (Å²) in [5, 5.41) is 0. The summed E-state index contributed by atoms with van der Waals surface area (Å²) in [5.74, 6) is 0.234. The lowest BCUT2D eigenvalue weighted by Crippen LogP contribution is -2.22. The number of para-hydroxylation sites is 1. The van der Waals surface area contributed by atoms with Crippen LogP contribution in [-0.4, -0.2) is 19.1 Å². The third-order valence-corrected chi connectivity index (χ3v) is 4.39. The molecule has 2 aromatic carbocycles. The van der Waals surface area contributed by atoms with Gasteiger partial charge < -0.3 is 9.30 Å². The van der Waals surface area contributed by atoms with Crippen LogP contribution in [0, 0.1) is 19.7 Å². The number of benzene rings is 2. The van der Waals surface area contributed by atoms with E-state index in [2.05, 4.69) is 9.97 Å². The van der Waals surface area contributed by atoms with Gasteiger partial charge in [0, 0.05) is 7.05 Å². The Kier molecular flexibility index (Phi) is 3.99. The Morgan fingerprint density at radius 2 is 1.70 bits per heavy atom. The van der Waals surface area contributed by atoms with Gasteiger partial charge in [-0.05, 0) is 49.2 Å². The van der Waals surface area contributed by atoms with Gasteiger partial charge in [0.2, 0.25) is 0 Å². The van der Waals surface area contributed by atoms with Gasteiger partial charge in [-0.25, -0.2) is 13.9 Å². The molecule has 0 bridgehead atoms. The van der Waals surface area contributed by atoms with Crippen LogP contribution in [-0.2, 0) is 7.05 Å². The summed E-state index contributed by atoms with van der Waals surface area (Å²) >= 11 is 0. The van der Waals surface area contributed by atoms with Crippen molar-refractivity contribution in [2.24, 2.45) is 7.05 Å². The van der Waals surface area contributed by atoms with Gasteiger partial charge in [-0.3, -0.25) is 4.79 Å². The molecule has 4 rings (SSSR count). The molecule has 0 saturated heterocycles. The quantitative estimate of drug-likeness (QED) is 0.556. The van der Waals surface area contributed by atoms with Crippen LogP contribution in [0.1, 0.15) is 11.1 Å². The third-order valence-electron chi connectivity index (χ3n) is 4.39. The number of aryl methyl sites for hydroxylation is 3. The van der Waals surface area contributed by atoms with Crippen molar-refractivity contribution in [2.45, 2.75) is 13.8 Å². The van der Waals surface area contributed by atoms with Gasteiger partial charge in [-0.15, -0.1) is 0 Å². The highest BCUT2D eigenvalue weighted by Gasteiger charge is 2.19. The zero-order valence-electron chi connectivity index (χ0n) is 15.1. The number of hydrogen-bond acceptors (Lipinski definition) is 4. The van der Waals surface area contributed by atoms with E-state index >= 15 is 0 Å². The average Bonchev–Trinajstić information content (AvgIpc) is 3.01. The van der Waals surface area contributed by atoms with E-state index in [1.54, 1.807) is 11.6 Å². The number of halogens is 1. The number of ether oxygens (including phenoxy) is 1. The number of imidazole rings is 1. The van der Waals surface area contributed by atoms with Crippen LogP contribution < -0.4 is 10.3 Å². The van der Waals surface area contributed by atoms with E-state index in [1.807, 2.05) is 32.0 Å². The molecule has 0 radical (unpaired) electrons. The first-order valence-electron chi connectivity index (χ1n) is 8.40. The molecular formula is C20H17FN4O2. The summed E-state index contributed by atoms with van der Waals surface area (Å²) in [4.78, 5) is 21.7. The lowest BCUT2D eigenvalue weighted by Gasteiger charge is -2.15. The van der Waals surface area contributed by atoms with E-state index in [4.69, 9.17) is 4.74 Å². The number of hydrogen-bond donors (Lipinski definition) is 0. The molecule has 0 saturated carbocycles. The van der Waals surface area contributed by atoms with Crippen molar-refractivity contribution < 1.29 is 9.13 Å². The third kappa shape index (κ3) is 2.87. The monoisotopic (exact) mass is 364 g/mol. The molecule has 0 unspecified atom stereocenters. The summed E-state index contributed by atoms with van der Waals surface area (Å²) < 4.78 is 22.4. The number of fused-ring (bicyclic) bond motifs is 1. The topological polar surface area (TPSA) is 61.9 Å². The molecule has 136 valence electrons. The first kappa shape index (κ1) is 17.0. The van der Waals surface area contributed by atoms with Crippen molar-refractivity contribution in [3.05, 3.63) is 76.1 Å². The molecule has 7 heteroatoms. The van der Waals surface area contributed by atoms with Crippen LogP contribution in [0.5, 0.6) is 11.8 Å². The van der Waals surface area contributed by atoms with Gasteiger partial charge >= 0.3 is 6.01 Å². The normalized spacial score (nSPS) is 11.1. The zero-order valence-corrected chi connectivity index (χ0v) is 15.1. The smallest absolute Gasteiger partial charge is 0.311 e. The molecule has 4 aromatic rings. The second-order valence-corrected chi connectivity index (χ2v) is 6.36. The molecule has 0 aliphatic heterocycles. The highest BCUT2D eigenvalue weighted by Crippen LogP contribution is 2.29. The fourth-order valence-corrected chi connectivity index (χ4v) is 2.98. The lowest BCUT2D eigenvalue weighted by molar-refractivity contribution is 0.420. The lowest BCUT2D eigenvalue weighted by atomic mass is 10.1. The Bertz CT molecular complexity index is 1190. The first-order valence-corrected chi connectivity index (χ1v) is 8.40. The molecule has 0 aliphatic rings. The van der Waals surface area contributed by atoms with Crippen molar-refractivity contribution >= 4 is 11.2 Å². The van der Waals surface area contributed by atoms with Crippen molar-refractivity contribution in [3.63, 3.8) is 0 Å². The minimum Gasteiger partial charge on any atom is -0.425 e. The van der Waals surface area contributed by atoms with Crippen LogP contribution >= 0.6 is 0 Å². The Labute approximate surface area is 154 Å². The maximum absolute atomic E-state index is 13.4. The summed E-state index contributed by atoms with van der Waals surface area (Å²) in [7, 11) is 1.76. The van der Waals surface area contributed by atoms with E-state index in [0.29, 0.717) is 17.1 Å². The fraction of sp³-hybridized carbons (Fsp3) is 0.150. The summed E-state index contributed by atoms with van der Waals surface area (Å²) in [6.45, 7) is 3.84. The van der Waals surface area contributed by atoms with Crippen LogP contribution in [0.2, 0.25) is 0 Å². The Morgan fingerprint density at radius 1 is 1.04 bits per heavy atom. The summed E-state index contributed by atoms with van der Waals surface area (Å²) in [6, 6.07) is 11.5. The van der Waals surface area contributed by atoms with Crippen LogP contribution in [0.25, 0.3) is 16.9 Å². The molecule has 0 amide bonds. The predicted molar refractivity (Wildman–Crippen MR) is 100 cm³/mol. The minimum atomic E-state index is -0.393. The van der Waals surface area contributed by atoms with E-state index in [0.717, 1.165) is 11.1 Å². The molecule has 27 heavy (non-hydrogen) atoms. The standard InChI is InChI=1S/C20H17FN4O2/c1-12-5-4-6-13(2)17(12)27-20-23-18-16(22-11-24(18)3)19(26)25(20)15-9-7-14(21)8-10-15/h4-11H,1-3H3. The molecule has 0 spiro atoms. The van der Waals surface area contributed by atoms with Gasteiger partial charge in [0.25, 0.3) is 5.56 Å². The number of rotatable bonds is 3. The fourth-order valence-electron chi connectivity index (χ4n) is 2.98. The maximum atomic E-state index is 13.4. The Morgan fingerprint density at radius 3 is 2.37 bits per heavy atom. The van der Waals surface area contributed by atoms with Crippen LogP contribution in [0.15, 0.2) is 53.6 Å². The molecule has 2 aromatic heterocycles. The van der Waals surface area contributed by atoms with Crippen molar-refractivity contribution in [3.8, 4) is 17.4 Å². The molecule has 2 heterocycles. The van der Waals surface area contributed by atoms with Gasteiger partial charge in [-0.2, -0.15) is 4.98 Å². The van der Waals surface area contributed by atoms with Gasteiger partial charge in [0.15, 0.2) is 11.2 Å². The maximum Gasteiger partial charge on any atom is 0.311 e. The Hall–Kier alpha value is -3.48. The second kappa shape index (κ2) is 6.35. The molecule has 6 nitrogen and oxygen atoms in total. The van der Waals surface area contributed by atoms with Crippen LogP contribution in [0.3, 0.4) is 0 Å². The Balaban J connectivity index is 2.00. The van der Waals surface area contributed by atoms with E-state index in [1.165, 1.54) is 35.2 Å². The molecule has 0 aliphatic carbocycles. The second-order valence-electron chi connectivity index (χ2n) is 6.36. The largest absolute Gasteiger partial charge is 0.425 e. The van der Waals surface area contributed by atoms with Crippen LogP contribution in [0.4, 0.5) is 4.39 Å². The van der Waals surface area contributed by atoms with E-state index in [9.17, 15) is 9.18 Å². The molecular weight excluding hydrogens is 347 g/mol. The van der Waals surface area contributed by atoms with E-state index < -0.39 is 5.82 Å². The molecule has 0 fully saturated rings. The van der Waals surface area contributed by atoms with Crippen molar-refractivity contribution in [2.75, 3.05) is 0 Å². The highest BCUT2D eigenvalue weighted by molar-refractivity contribution is 5.70. The van der Waals surface area contributed by atoms with Crippen molar-refractivity contribution in [1.29, 1.82) is 0 Å². The number of nitrogens with zero attached hydrogens (tertiary/aromatic N) is 4. The van der Waals surface area contributed by atoms with Gasteiger partial charge in [0.05, 0.1) is 12.0 Å². The zero-order chi connectivity index (χ0) is 19.1. The SMILES string of the molecule is Cc1cccc(C)c1Oc1nc2c(ncn2C)c(=O)n1-c1ccc(F)cc1. The van der Waals surface area contributed by atoms with Crippen molar-refractivity contribution in [1.82, 2.24) is 19.1 Å². The summed E-state index contributed by atoms with van der Waals surface area (Å²) in [6.07, 6.45) is 1.52. The first-order chi connectivity index (χ1) is 13.0. The highest BCUT2D eigenvalue weighted by atomic mass is 19.1. The summed E-state index contributed by atoms with van der Waals surface area (Å²) in [5.41, 5.74) is 2.53. The predicted octanol–water partition coefficient (Wildman–Crippen LogP) is 3.67. The van der Waals surface area contributed by atoms with Gasteiger partial charge in [-0.1, -0.05) is 18.2 Å². The van der Waals surface area contributed by atoms with E-state index in [-0.39, 0.29) is 17.1 Å². The van der Waals surface area contributed by atoms with Gasteiger partial charge in [0.1, 0.15) is 11.6 Å². The number of aromatic nitrogens is 4. The molecule has 0 N–H and O–H groups in total. The minimum absolute atomic E-state index is 0.0973.